The summed E-state index contributed by atoms with van der Waals surface area (Å²) in [7, 11) is 0. The van der Waals surface area contributed by atoms with Gasteiger partial charge in [0, 0.05) is 18.4 Å². The lowest BCUT2D eigenvalue weighted by Gasteiger charge is -2.28. The molecular weight excluding hydrogens is 270 g/mol. The van der Waals surface area contributed by atoms with Gasteiger partial charge in [-0.25, -0.2) is 0 Å². The molecule has 1 amide bonds. The fraction of sp³-hybridized carbons (Fsp3) is 0.500. The van der Waals surface area contributed by atoms with Crippen molar-refractivity contribution in [2.24, 2.45) is 5.41 Å². The van der Waals surface area contributed by atoms with Crippen molar-refractivity contribution < 1.29 is 19.4 Å². The van der Waals surface area contributed by atoms with Crippen LogP contribution in [0.1, 0.15) is 44.7 Å². The smallest absolute Gasteiger partial charge is 0.303 e. The number of benzene rings is 1. The Morgan fingerprint density at radius 1 is 1.33 bits per heavy atom. The molecule has 0 aromatic heterocycles. The molecule has 0 radical (unpaired) electrons. The Hall–Kier alpha value is -2.04. The van der Waals surface area contributed by atoms with E-state index in [1.165, 1.54) is 0 Å². The summed E-state index contributed by atoms with van der Waals surface area (Å²) in [4.78, 5) is 23.0. The Morgan fingerprint density at radius 3 is 2.76 bits per heavy atom. The molecule has 2 rings (SSSR count). The van der Waals surface area contributed by atoms with E-state index in [-0.39, 0.29) is 24.8 Å². The molecule has 1 heterocycles. The highest BCUT2D eigenvalue weighted by molar-refractivity contribution is 5.78. The molecule has 5 heteroatoms. The van der Waals surface area contributed by atoms with E-state index in [0.717, 1.165) is 17.7 Å². The van der Waals surface area contributed by atoms with E-state index >= 15 is 0 Å². The Balaban J connectivity index is 1.99. The Morgan fingerprint density at radius 2 is 2.05 bits per heavy atom. The summed E-state index contributed by atoms with van der Waals surface area (Å²) in [6.45, 7) is 4.15. The van der Waals surface area contributed by atoms with E-state index in [9.17, 15) is 9.59 Å². The molecule has 0 saturated carbocycles. The number of rotatable bonds is 5. The molecule has 5 nitrogen and oxygen atoms in total. The maximum atomic E-state index is 12.2. The van der Waals surface area contributed by atoms with Gasteiger partial charge < -0.3 is 15.2 Å². The second-order valence-electron chi connectivity index (χ2n) is 6.21. The predicted molar refractivity (Wildman–Crippen MR) is 78.1 cm³/mol. The number of carbonyl (C=O) groups excluding carboxylic acids is 1. The lowest BCUT2D eigenvalue weighted by molar-refractivity contribution is -0.139. The van der Waals surface area contributed by atoms with Gasteiger partial charge in [0.15, 0.2) is 0 Å². The molecule has 1 atom stereocenters. The van der Waals surface area contributed by atoms with Crippen LogP contribution in [0.5, 0.6) is 5.75 Å². The summed E-state index contributed by atoms with van der Waals surface area (Å²) in [6.07, 6.45) is 0.895. The zero-order valence-electron chi connectivity index (χ0n) is 12.4. The largest absolute Gasteiger partial charge is 0.493 e. The Kier molecular flexibility index (Phi) is 4.50. The number of nitrogens with one attached hydrogen (secondary N) is 1. The number of ether oxygens (including phenoxy) is 1. The van der Waals surface area contributed by atoms with E-state index in [1.807, 2.05) is 24.3 Å². The van der Waals surface area contributed by atoms with Gasteiger partial charge in [-0.1, -0.05) is 32.0 Å². The van der Waals surface area contributed by atoms with Gasteiger partial charge in [-0.15, -0.1) is 0 Å². The lowest BCUT2D eigenvalue weighted by atomic mass is 9.85. The highest BCUT2D eigenvalue weighted by Gasteiger charge is 2.28. The number of carboxylic acid groups (broad SMARTS) is 1. The first-order valence-corrected chi connectivity index (χ1v) is 7.10. The predicted octanol–water partition coefficient (Wildman–Crippen LogP) is 2.52. The minimum Gasteiger partial charge on any atom is -0.493 e. The van der Waals surface area contributed by atoms with Gasteiger partial charge >= 0.3 is 5.97 Å². The minimum atomic E-state index is -0.885. The van der Waals surface area contributed by atoms with Crippen molar-refractivity contribution in [2.75, 3.05) is 6.61 Å². The third kappa shape index (κ3) is 4.21. The zero-order valence-corrected chi connectivity index (χ0v) is 12.4. The second kappa shape index (κ2) is 6.16. The lowest BCUT2D eigenvalue weighted by Crippen LogP contribution is -2.35. The van der Waals surface area contributed by atoms with Crippen LogP contribution >= 0.6 is 0 Å². The van der Waals surface area contributed by atoms with Crippen LogP contribution in [0, 0.1) is 5.41 Å². The molecule has 21 heavy (non-hydrogen) atoms. The van der Waals surface area contributed by atoms with Gasteiger partial charge in [0.1, 0.15) is 5.75 Å². The van der Waals surface area contributed by atoms with Crippen molar-refractivity contribution in [3.8, 4) is 5.75 Å². The van der Waals surface area contributed by atoms with Crippen LogP contribution in [-0.4, -0.2) is 23.6 Å². The van der Waals surface area contributed by atoms with Crippen molar-refractivity contribution in [3.63, 3.8) is 0 Å². The van der Waals surface area contributed by atoms with E-state index in [2.05, 4.69) is 5.32 Å². The summed E-state index contributed by atoms with van der Waals surface area (Å²) in [5.41, 5.74) is 0.425. The van der Waals surface area contributed by atoms with Crippen LogP contribution in [0.2, 0.25) is 0 Å². The fourth-order valence-corrected chi connectivity index (χ4v) is 2.64. The summed E-state index contributed by atoms with van der Waals surface area (Å²) >= 11 is 0. The first-order valence-electron chi connectivity index (χ1n) is 7.10. The van der Waals surface area contributed by atoms with Crippen molar-refractivity contribution >= 4 is 11.9 Å². The molecule has 0 bridgehead atoms. The van der Waals surface area contributed by atoms with Gasteiger partial charge in [-0.2, -0.15) is 0 Å². The molecule has 1 aromatic carbocycles. The van der Waals surface area contributed by atoms with Crippen molar-refractivity contribution in [1.82, 2.24) is 5.32 Å². The number of hydrogen-bond donors (Lipinski definition) is 2. The van der Waals surface area contributed by atoms with Crippen LogP contribution in [-0.2, 0) is 9.59 Å². The van der Waals surface area contributed by atoms with Crippen molar-refractivity contribution in [3.05, 3.63) is 29.8 Å². The van der Waals surface area contributed by atoms with Gasteiger partial charge in [-0.05, 0) is 11.5 Å². The van der Waals surface area contributed by atoms with Gasteiger partial charge in [0.25, 0.3) is 0 Å². The zero-order chi connectivity index (χ0) is 15.5. The van der Waals surface area contributed by atoms with Crippen LogP contribution in [0.3, 0.4) is 0 Å². The van der Waals surface area contributed by atoms with Gasteiger partial charge in [-0.3, -0.25) is 9.59 Å². The summed E-state index contributed by atoms with van der Waals surface area (Å²) in [5, 5.41) is 11.9. The molecule has 0 saturated heterocycles. The van der Waals surface area contributed by atoms with E-state index in [1.54, 1.807) is 13.8 Å². The number of aliphatic carboxylic acids is 1. The number of fused-ring (bicyclic) bond motifs is 1. The van der Waals surface area contributed by atoms with E-state index < -0.39 is 11.4 Å². The monoisotopic (exact) mass is 291 g/mol. The molecule has 0 spiro atoms. The second-order valence-corrected chi connectivity index (χ2v) is 6.21. The maximum absolute atomic E-state index is 12.2. The molecule has 1 unspecified atom stereocenters. The molecule has 0 fully saturated rings. The minimum absolute atomic E-state index is 0.0230. The van der Waals surface area contributed by atoms with E-state index in [4.69, 9.17) is 9.84 Å². The van der Waals surface area contributed by atoms with Crippen molar-refractivity contribution in [2.45, 2.75) is 39.2 Å². The quantitative estimate of drug-likeness (QED) is 0.874. The Labute approximate surface area is 124 Å². The normalized spacial score (nSPS) is 17.5. The van der Waals surface area contributed by atoms with Gasteiger partial charge in [0.05, 0.1) is 19.1 Å². The average molecular weight is 291 g/mol. The topological polar surface area (TPSA) is 75.6 Å². The highest BCUT2D eigenvalue weighted by atomic mass is 16.5. The molecular formula is C16H21NO4. The van der Waals surface area contributed by atoms with Crippen LogP contribution in [0.15, 0.2) is 24.3 Å². The Bertz CT molecular complexity index is 539. The van der Waals surface area contributed by atoms with Crippen molar-refractivity contribution in [1.29, 1.82) is 0 Å². The third-order valence-electron chi connectivity index (χ3n) is 3.56. The summed E-state index contributed by atoms with van der Waals surface area (Å²) < 4.78 is 5.56. The van der Waals surface area contributed by atoms with E-state index in [0.29, 0.717) is 6.61 Å². The molecule has 1 aliphatic heterocycles. The number of hydrogen-bond acceptors (Lipinski definition) is 3. The molecule has 1 aromatic rings. The third-order valence-corrected chi connectivity index (χ3v) is 3.56. The number of amides is 1. The SMILES string of the molecule is CC(C)(CC(=O)O)CC(=O)NC1CCOc2ccccc21. The number of para-hydroxylation sites is 1. The average Bonchev–Trinajstić information content (AvgIpc) is 2.36. The maximum Gasteiger partial charge on any atom is 0.303 e. The van der Waals surface area contributed by atoms with Crippen LogP contribution in [0.25, 0.3) is 0 Å². The molecule has 2 N–H and O–H groups in total. The first kappa shape index (κ1) is 15.4. The standard InChI is InChI=1S/C16H21NO4/c1-16(2,10-15(19)20)9-14(18)17-12-7-8-21-13-6-4-3-5-11(12)13/h3-6,12H,7-10H2,1-2H3,(H,17,18)(H,19,20). The summed E-state index contributed by atoms with van der Waals surface area (Å²) in [6, 6.07) is 7.59. The van der Waals surface area contributed by atoms with Crippen LogP contribution < -0.4 is 10.1 Å². The molecule has 0 aliphatic carbocycles. The number of carbonyl (C=O) groups is 2. The highest BCUT2D eigenvalue weighted by Crippen LogP contribution is 2.32. The summed E-state index contributed by atoms with van der Waals surface area (Å²) in [5.74, 6) is -0.203. The fourth-order valence-electron chi connectivity index (χ4n) is 2.64. The molecule has 1 aliphatic rings. The van der Waals surface area contributed by atoms with Crippen LogP contribution in [0.4, 0.5) is 0 Å². The van der Waals surface area contributed by atoms with Gasteiger partial charge in [0.2, 0.25) is 5.91 Å². The molecule has 114 valence electrons. The number of carboxylic acids is 1. The first-order chi connectivity index (χ1) is 9.87.